The Labute approximate surface area is 179 Å². The maximum Gasteiger partial charge on any atom is 0.271 e. The molecule has 4 rings (SSSR count). The molecule has 1 saturated heterocycles. The van der Waals surface area contributed by atoms with Crippen LogP contribution in [0.2, 0.25) is 0 Å². The fourth-order valence-corrected chi connectivity index (χ4v) is 3.73. The van der Waals surface area contributed by atoms with Crippen LogP contribution in [0.15, 0.2) is 36.5 Å². The monoisotopic (exact) mass is 420 g/mol. The highest BCUT2D eigenvalue weighted by atomic mass is 16.5. The summed E-state index contributed by atoms with van der Waals surface area (Å²) in [4.78, 5) is 35.5. The first kappa shape index (κ1) is 20.5. The van der Waals surface area contributed by atoms with Crippen LogP contribution >= 0.6 is 0 Å². The Morgan fingerprint density at radius 2 is 2.13 bits per heavy atom. The van der Waals surface area contributed by atoms with Gasteiger partial charge in [-0.2, -0.15) is 5.10 Å². The van der Waals surface area contributed by atoms with E-state index < -0.39 is 0 Å². The lowest BCUT2D eigenvalue weighted by molar-refractivity contribution is 0.0784. The first-order chi connectivity index (χ1) is 15.0. The van der Waals surface area contributed by atoms with Gasteiger partial charge in [-0.25, -0.2) is 9.97 Å². The fourth-order valence-electron chi connectivity index (χ4n) is 3.73. The predicted octanol–water partition coefficient (Wildman–Crippen LogP) is 2.17. The first-order valence-electron chi connectivity index (χ1n) is 10.0. The van der Waals surface area contributed by atoms with Crippen molar-refractivity contribution < 1.29 is 14.3 Å². The number of carbonyl (C=O) groups is 2. The van der Waals surface area contributed by atoms with E-state index in [4.69, 9.17) is 4.74 Å². The maximum absolute atomic E-state index is 13.0. The average Bonchev–Trinajstić information content (AvgIpc) is 3.48. The molecule has 2 aromatic heterocycles. The Bertz CT molecular complexity index is 1130. The Hall–Kier alpha value is -3.75. The van der Waals surface area contributed by atoms with Crippen molar-refractivity contribution in [3.63, 3.8) is 0 Å². The number of hydrogen-bond acceptors (Lipinski definition) is 6. The molecule has 1 atom stereocenters. The third-order valence-electron chi connectivity index (χ3n) is 5.48. The van der Waals surface area contributed by atoms with Gasteiger partial charge in [-0.3, -0.25) is 14.7 Å². The summed E-state index contributed by atoms with van der Waals surface area (Å²) in [5.74, 6) is 1.10. The van der Waals surface area contributed by atoms with Crippen LogP contribution < -0.4 is 10.1 Å². The molecule has 0 unspecified atom stereocenters. The number of benzene rings is 1. The van der Waals surface area contributed by atoms with E-state index in [1.165, 1.54) is 0 Å². The molecule has 1 aliphatic rings. The quantitative estimate of drug-likeness (QED) is 0.654. The second-order valence-corrected chi connectivity index (χ2v) is 7.44. The van der Waals surface area contributed by atoms with Crippen LogP contribution in [0.4, 0.5) is 0 Å². The van der Waals surface area contributed by atoms with Crippen LogP contribution in [-0.2, 0) is 0 Å². The van der Waals surface area contributed by atoms with E-state index in [1.807, 2.05) is 24.3 Å². The van der Waals surface area contributed by atoms with Crippen LogP contribution in [-0.4, -0.2) is 64.1 Å². The highest BCUT2D eigenvalue weighted by molar-refractivity contribution is 5.95. The number of ether oxygens (including phenoxy) is 1. The topological polar surface area (TPSA) is 113 Å². The van der Waals surface area contributed by atoms with Crippen molar-refractivity contribution in [1.82, 2.24) is 30.4 Å². The largest absolute Gasteiger partial charge is 0.497 e. The van der Waals surface area contributed by atoms with Gasteiger partial charge in [-0.15, -0.1) is 0 Å². The van der Waals surface area contributed by atoms with Gasteiger partial charge in [0, 0.05) is 37.8 Å². The van der Waals surface area contributed by atoms with Crippen molar-refractivity contribution in [2.75, 3.05) is 27.2 Å². The van der Waals surface area contributed by atoms with Crippen LogP contribution in [0.1, 0.15) is 44.7 Å². The summed E-state index contributed by atoms with van der Waals surface area (Å²) in [6.45, 7) is 2.92. The van der Waals surface area contributed by atoms with E-state index >= 15 is 0 Å². The molecule has 1 aliphatic heterocycles. The number of carbonyl (C=O) groups excluding carboxylic acids is 2. The number of nitrogens with zero attached hydrogens (tertiary/aromatic N) is 4. The van der Waals surface area contributed by atoms with E-state index in [9.17, 15) is 9.59 Å². The van der Waals surface area contributed by atoms with E-state index in [1.54, 1.807) is 38.2 Å². The van der Waals surface area contributed by atoms with Crippen molar-refractivity contribution >= 4 is 11.8 Å². The Morgan fingerprint density at radius 3 is 2.87 bits per heavy atom. The molecule has 3 aromatic rings. The number of H-pyrrole nitrogens is 1. The van der Waals surface area contributed by atoms with Crippen molar-refractivity contribution in [3.05, 3.63) is 59.3 Å². The number of aryl methyl sites for hydroxylation is 1. The normalized spacial score (nSPS) is 15.7. The third kappa shape index (κ3) is 4.11. The summed E-state index contributed by atoms with van der Waals surface area (Å²) >= 11 is 0. The van der Waals surface area contributed by atoms with Gasteiger partial charge in [-0.05, 0) is 31.5 Å². The van der Waals surface area contributed by atoms with Crippen molar-refractivity contribution in [1.29, 1.82) is 0 Å². The molecular formula is C22H24N6O3. The van der Waals surface area contributed by atoms with Gasteiger partial charge in [0.2, 0.25) is 0 Å². The zero-order valence-electron chi connectivity index (χ0n) is 17.7. The second-order valence-electron chi connectivity index (χ2n) is 7.44. The van der Waals surface area contributed by atoms with E-state index in [0.29, 0.717) is 41.6 Å². The number of rotatable bonds is 5. The lowest BCUT2D eigenvalue weighted by Crippen LogP contribution is -2.29. The van der Waals surface area contributed by atoms with Crippen LogP contribution in [0.3, 0.4) is 0 Å². The van der Waals surface area contributed by atoms with E-state index in [2.05, 4.69) is 25.5 Å². The fraction of sp³-hybridized carbons (Fsp3) is 0.318. The number of likely N-dealkylation sites (tertiary alicyclic amines) is 1. The predicted molar refractivity (Wildman–Crippen MR) is 114 cm³/mol. The summed E-state index contributed by atoms with van der Waals surface area (Å²) in [7, 11) is 3.19. The Balaban J connectivity index is 1.46. The SMILES string of the molecule is CNC(=O)c1cnc([C@@H]2CCN(C(=O)c3cc(-c4cccc(OC)c4)n[nH]3)C2)nc1C. The molecule has 31 heavy (non-hydrogen) atoms. The van der Waals surface area contributed by atoms with Crippen LogP contribution in [0, 0.1) is 6.92 Å². The van der Waals surface area contributed by atoms with Gasteiger partial charge >= 0.3 is 0 Å². The molecule has 0 saturated carbocycles. The zero-order chi connectivity index (χ0) is 22.0. The van der Waals surface area contributed by atoms with Crippen molar-refractivity contribution in [2.24, 2.45) is 0 Å². The summed E-state index contributed by atoms with van der Waals surface area (Å²) < 4.78 is 5.25. The number of amides is 2. The van der Waals surface area contributed by atoms with Gasteiger partial charge < -0.3 is 15.0 Å². The molecular weight excluding hydrogens is 396 g/mol. The number of aromatic amines is 1. The highest BCUT2D eigenvalue weighted by Gasteiger charge is 2.31. The van der Waals surface area contributed by atoms with E-state index in [0.717, 1.165) is 17.7 Å². The second kappa shape index (κ2) is 8.55. The minimum Gasteiger partial charge on any atom is -0.497 e. The molecule has 0 spiro atoms. The van der Waals surface area contributed by atoms with Crippen molar-refractivity contribution in [2.45, 2.75) is 19.3 Å². The molecule has 0 radical (unpaired) electrons. The molecule has 2 N–H and O–H groups in total. The number of aromatic nitrogens is 4. The molecule has 2 amide bonds. The molecule has 9 heteroatoms. The molecule has 160 valence electrons. The van der Waals surface area contributed by atoms with Gasteiger partial charge in [0.1, 0.15) is 17.3 Å². The summed E-state index contributed by atoms with van der Waals surface area (Å²) in [5, 5.41) is 9.72. The standard InChI is InChI=1S/C22H24N6O3/c1-13-17(21(29)23-2)11-24-20(25-13)15-7-8-28(12-15)22(30)19-10-18(26-27-19)14-5-4-6-16(9-14)31-3/h4-6,9-11,15H,7-8,12H2,1-3H3,(H,23,29)(H,26,27)/t15-/m1/s1. The zero-order valence-corrected chi connectivity index (χ0v) is 17.7. The number of hydrogen-bond donors (Lipinski definition) is 2. The highest BCUT2D eigenvalue weighted by Crippen LogP contribution is 2.27. The molecule has 1 aromatic carbocycles. The van der Waals surface area contributed by atoms with E-state index in [-0.39, 0.29) is 17.7 Å². The molecule has 3 heterocycles. The smallest absolute Gasteiger partial charge is 0.271 e. The minimum atomic E-state index is -0.210. The molecule has 0 bridgehead atoms. The van der Waals surface area contributed by atoms with Gasteiger partial charge in [0.25, 0.3) is 11.8 Å². The van der Waals surface area contributed by atoms with Crippen LogP contribution in [0.25, 0.3) is 11.3 Å². The number of methoxy groups -OCH3 is 1. The Morgan fingerprint density at radius 1 is 1.29 bits per heavy atom. The summed E-state index contributed by atoms with van der Waals surface area (Å²) in [6.07, 6.45) is 2.32. The average molecular weight is 420 g/mol. The van der Waals surface area contributed by atoms with Gasteiger partial charge in [0.05, 0.1) is 24.1 Å². The lowest BCUT2D eigenvalue weighted by Gasteiger charge is -2.15. The Kier molecular flexibility index (Phi) is 5.66. The van der Waals surface area contributed by atoms with Gasteiger partial charge in [0.15, 0.2) is 0 Å². The number of nitrogens with one attached hydrogen (secondary N) is 2. The third-order valence-corrected chi connectivity index (χ3v) is 5.48. The first-order valence-corrected chi connectivity index (χ1v) is 10.0. The van der Waals surface area contributed by atoms with Crippen LogP contribution in [0.5, 0.6) is 5.75 Å². The molecule has 0 aliphatic carbocycles. The lowest BCUT2D eigenvalue weighted by atomic mass is 10.1. The van der Waals surface area contributed by atoms with Gasteiger partial charge in [-0.1, -0.05) is 12.1 Å². The summed E-state index contributed by atoms with van der Waals surface area (Å²) in [5.41, 5.74) is 3.08. The summed E-state index contributed by atoms with van der Waals surface area (Å²) in [6, 6.07) is 9.28. The minimum absolute atomic E-state index is 0.0298. The van der Waals surface area contributed by atoms with Crippen molar-refractivity contribution in [3.8, 4) is 17.0 Å². The molecule has 1 fully saturated rings. The molecule has 9 nitrogen and oxygen atoms in total. The maximum atomic E-state index is 13.0.